The van der Waals surface area contributed by atoms with Gasteiger partial charge in [-0.1, -0.05) is 24.3 Å². The van der Waals surface area contributed by atoms with Crippen LogP contribution in [0.15, 0.2) is 42.5 Å². The summed E-state index contributed by atoms with van der Waals surface area (Å²) in [5.74, 6) is -2.03. The number of carbonyl (C=O) groups excluding carboxylic acids is 1. The Bertz CT molecular complexity index is 752. The zero-order valence-electron chi connectivity index (χ0n) is 10.2. The highest BCUT2D eigenvalue weighted by Gasteiger charge is 2.40. The summed E-state index contributed by atoms with van der Waals surface area (Å²) in [6, 6.07) is 10.6. The van der Waals surface area contributed by atoms with Crippen LogP contribution in [0.25, 0.3) is 0 Å². The topological polar surface area (TPSA) is 44.1 Å². The first-order valence-corrected chi connectivity index (χ1v) is 5.91. The van der Waals surface area contributed by atoms with Gasteiger partial charge in [0.05, 0.1) is 17.3 Å². The van der Waals surface area contributed by atoms with Crippen LogP contribution in [-0.4, -0.2) is 5.91 Å². The van der Waals surface area contributed by atoms with Gasteiger partial charge in [0, 0.05) is 5.56 Å². The van der Waals surface area contributed by atoms with Crippen LogP contribution in [0, 0.1) is 23.0 Å². The quantitative estimate of drug-likeness (QED) is 0.798. The molecular formula is C15H8F2N2O. The first-order chi connectivity index (χ1) is 9.65. The van der Waals surface area contributed by atoms with Crippen LogP contribution >= 0.6 is 0 Å². The second-order valence-corrected chi connectivity index (χ2v) is 4.36. The van der Waals surface area contributed by atoms with Crippen molar-refractivity contribution in [1.82, 2.24) is 0 Å². The highest BCUT2D eigenvalue weighted by molar-refractivity contribution is 6.11. The number of benzene rings is 2. The summed E-state index contributed by atoms with van der Waals surface area (Å²) in [5.41, 5.74) is 0.0720. The van der Waals surface area contributed by atoms with E-state index in [0.717, 1.165) is 11.0 Å². The predicted molar refractivity (Wildman–Crippen MR) is 68.0 cm³/mol. The molecule has 1 amide bonds. The lowest BCUT2D eigenvalue weighted by Crippen LogP contribution is -2.28. The van der Waals surface area contributed by atoms with Gasteiger partial charge in [-0.15, -0.1) is 0 Å². The molecule has 98 valence electrons. The Balaban J connectivity index is 2.21. The van der Waals surface area contributed by atoms with Crippen LogP contribution < -0.4 is 4.90 Å². The Labute approximate surface area is 113 Å². The number of carbonyl (C=O) groups is 1. The van der Waals surface area contributed by atoms with Crippen LogP contribution in [-0.2, 0) is 0 Å². The molecule has 20 heavy (non-hydrogen) atoms. The number of fused-ring (bicyclic) bond motifs is 1. The predicted octanol–water partition coefficient (Wildman–Crippen LogP) is 3.19. The minimum absolute atomic E-state index is 0.0281. The SMILES string of the molecule is N#CC1c2cccc(F)c2C(=O)N1c1ccccc1F. The van der Waals surface area contributed by atoms with Crippen molar-refractivity contribution < 1.29 is 13.6 Å². The molecule has 0 fully saturated rings. The van der Waals surface area contributed by atoms with E-state index >= 15 is 0 Å². The second-order valence-electron chi connectivity index (χ2n) is 4.36. The van der Waals surface area contributed by atoms with Gasteiger partial charge in [-0.25, -0.2) is 8.78 Å². The van der Waals surface area contributed by atoms with Crippen molar-refractivity contribution in [3.05, 3.63) is 65.2 Å². The lowest BCUT2D eigenvalue weighted by molar-refractivity contribution is 0.0990. The minimum atomic E-state index is -1.02. The molecule has 1 aliphatic rings. The maximum absolute atomic E-state index is 13.9. The van der Waals surface area contributed by atoms with Crippen molar-refractivity contribution in [2.24, 2.45) is 0 Å². The van der Waals surface area contributed by atoms with Crippen LogP contribution in [0.4, 0.5) is 14.5 Å². The number of halogens is 2. The third-order valence-electron chi connectivity index (χ3n) is 3.27. The first kappa shape index (κ1) is 12.3. The summed E-state index contributed by atoms with van der Waals surface area (Å²) in [7, 11) is 0. The number of anilines is 1. The number of hydrogen-bond donors (Lipinski definition) is 0. The molecule has 0 aromatic heterocycles. The number of para-hydroxylation sites is 1. The van der Waals surface area contributed by atoms with Gasteiger partial charge in [-0.3, -0.25) is 9.69 Å². The highest BCUT2D eigenvalue weighted by atomic mass is 19.1. The van der Waals surface area contributed by atoms with Crippen molar-refractivity contribution >= 4 is 11.6 Å². The monoisotopic (exact) mass is 270 g/mol. The van der Waals surface area contributed by atoms with Gasteiger partial charge in [0.1, 0.15) is 11.6 Å². The molecule has 0 saturated carbocycles. The third-order valence-corrected chi connectivity index (χ3v) is 3.27. The van der Waals surface area contributed by atoms with Gasteiger partial charge >= 0.3 is 0 Å². The number of nitriles is 1. The molecule has 0 saturated heterocycles. The van der Waals surface area contributed by atoms with E-state index in [4.69, 9.17) is 0 Å². The van der Waals surface area contributed by atoms with Crippen LogP contribution in [0.3, 0.4) is 0 Å². The Kier molecular flexibility index (Phi) is 2.72. The Morgan fingerprint density at radius 1 is 1.05 bits per heavy atom. The minimum Gasteiger partial charge on any atom is -0.285 e. The summed E-state index contributed by atoms with van der Waals surface area (Å²) in [5, 5.41) is 9.26. The molecule has 2 aromatic carbocycles. The maximum Gasteiger partial charge on any atom is 0.263 e. The Morgan fingerprint density at radius 2 is 1.75 bits per heavy atom. The van der Waals surface area contributed by atoms with Gasteiger partial charge < -0.3 is 0 Å². The third kappa shape index (κ3) is 1.58. The standard InChI is InChI=1S/C15H8F2N2O/c16-10-5-1-2-7-12(10)19-13(8-18)9-4-3-6-11(17)14(9)15(19)20/h1-7,13H. The molecule has 1 unspecified atom stereocenters. The van der Waals surface area contributed by atoms with Gasteiger partial charge in [0.2, 0.25) is 0 Å². The lowest BCUT2D eigenvalue weighted by Gasteiger charge is -2.20. The molecule has 0 bridgehead atoms. The lowest BCUT2D eigenvalue weighted by atomic mass is 10.1. The fourth-order valence-corrected chi connectivity index (χ4v) is 2.39. The molecule has 1 heterocycles. The molecule has 1 aliphatic heterocycles. The van der Waals surface area contributed by atoms with E-state index in [0.29, 0.717) is 0 Å². The molecule has 3 rings (SSSR count). The summed E-state index contributed by atoms with van der Waals surface area (Å²) in [6.07, 6.45) is 0. The Morgan fingerprint density at radius 3 is 2.45 bits per heavy atom. The average Bonchev–Trinajstić information content (AvgIpc) is 2.73. The first-order valence-electron chi connectivity index (χ1n) is 5.91. The van der Waals surface area contributed by atoms with Crippen molar-refractivity contribution in [2.45, 2.75) is 6.04 Å². The molecule has 0 aliphatic carbocycles. The maximum atomic E-state index is 13.9. The molecule has 0 N–H and O–H groups in total. The number of rotatable bonds is 1. The normalized spacial score (nSPS) is 16.9. The highest BCUT2D eigenvalue weighted by Crippen LogP contribution is 2.38. The average molecular weight is 270 g/mol. The molecule has 5 heteroatoms. The summed E-state index contributed by atoms with van der Waals surface area (Å²) >= 11 is 0. The van der Waals surface area contributed by atoms with Gasteiger partial charge in [-0.05, 0) is 18.2 Å². The van der Waals surface area contributed by atoms with E-state index in [1.165, 1.54) is 30.3 Å². The largest absolute Gasteiger partial charge is 0.285 e. The fourth-order valence-electron chi connectivity index (χ4n) is 2.39. The van der Waals surface area contributed by atoms with Crippen LogP contribution in [0.2, 0.25) is 0 Å². The van der Waals surface area contributed by atoms with E-state index in [1.807, 2.05) is 6.07 Å². The molecule has 0 radical (unpaired) electrons. The molecule has 2 aromatic rings. The molecular weight excluding hydrogens is 262 g/mol. The summed E-state index contributed by atoms with van der Waals surface area (Å²) in [4.78, 5) is 13.3. The molecule has 3 nitrogen and oxygen atoms in total. The van der Waals surface area contributed by atoms with Gasteiger partial charge in [0.15, 0.2) is 6.04 Å². The van der Waals surface area contributed by atoms with Crippen molar-refractivity contribution in [3.8, 4) is 6.07 Å². The van der Waals surface area contributed by atoms with Crippen LogP contribution in [0.1, 0.15) is 22.0 Å². The zero-order chi connectivity index (χ0) is 14.3. The summed E-state index contributed by atoms with van der Waals surface area (Å²) in [6.45, 7) is 0. The van der Waals surface area contributed by atoms with Crippen molar-refractivity contribution in [2.75, 3.05) is 4.90 Å². The van der Waals surface area contributed by atoms with E-state index < -0.39 is 23.6 Å². The van der Waals surface area contributed by atoms with E-state index in [-0.39, 0.29) is 16.8 Å². The van der Waals surface area contributed by atoms with Crippen molar-refractivity contribution in [3.63, 3.8) is 0 Å². The van der Waals surface area contributed by atoms with E-state index in [9.17, 15) is 18.8 Å². The Hall–Kier alpha value is -2.74. The zero-order valence-corrected chi connectivity index (χ0v) is 10.2. The number of nitrogens with zero attached hydrogens (tertiary/aromatic N) is 2. The fraction of sp³-hybridized carbons (Fsp3) is 0.0667. The second kappa shape index (κ2) is 4.42. The molecule has 0 spiro atoms. The molecule has 1 atom stereocenters. The van der Waals surface area contributed by atoms with Gasteiger partial charge in [-0.2, -0.15) is 5.26 Å². The van der Waals surface area contributed by atoms with E-state index in [1.54, 1.807) is 6.07 Å². The summed E-state index contributed by atoms with van der Waals surface area (Å²) < 4.78 is 27.6. The number of amides is 1. The van der Waals surface area contributed by atoms with Crippen molar-refractivity contribution in [1.29, 1.82) is 5.26 Å². The smallest absolute Gasteiger partial charge is 0.263 e. The van der Waals surface area contributed by atoms with E-state index in [2.05, 4.69) is 0 Å². The van der Waals surface area contributed by atoms with Crippen LogP contribution in [0.5, 0.6) is 0 Å². The van der Waals surface area contributed by atoms with Gasteiger partial charge in [0.25, 0.3) is 5.91 Å². The number of hydrogen-bond acceptors (Lipinski definition) is 2.